The van der Waals surface area contributed by atoms with Gasteiger partial charge in [-0.15, -0.1) is 5.10 Å². The lowest BCUT2D eigenvalue weighted by molar-refractivity contribution is 0.785. The first kappa shape index (κ1) is 13.5. The van der Waals surface area contributed by atoms with Crippen LogP contribution in [0, 0.1) is 6.92 Å². The average Bonchev–Trinajstić information content (AvgIpc) is 2.83. The molecule has 0 atom stereocenters. The lowest BCUT2D eigenvalue weighted by atomic mass is 10.1. The third-order valence-electron chi connectivity index (χ3n) is 3.08. The normalized spacial score (nSPS) is 10.8. The van der Waals surface area contributed by atoms with E-state index in [0.717, 1.165) is 31.6 Å². The highest BCUT2D eigenvalue weighted by molar-refractivity contribution is 9.10. The van der Waals surface area contributed by atoms with Crippen LogP contribution >= 0.6 is 31.9 Å². The minimum atomic E-state index is 0.903. The summed E-state index contributed by atoms with van der Waals surface area (Å²) in [6.07, 6.45) is 0. The Morgan fingerprint density at radius 1 is 0.850 bits per heavy atom. The van der Waals surface area contributed by atoms with Gasteiger partial charge in [0, 0.05) is 14.5 Å². The van der Waals surface area contributed by atoms with Gasteiger partial charge < -0.3 is 0 Å². The van der Waals surface area contributed by atoms with Crippen molar-refractivity contribution in [3.05, 3.63) is 63.2 Å². The van der Waals surface area contributed by atoms with E-state index in [1.54, 1.807) is 0 Å². The first-order valence-corrected chi connectivity index (χ1v) is 7.68. The quantitative estimate of drug-likeness (QED) is 0.628. The van der Waals surface area contributed by atoms with Crippen molar-refractivity contribution in [2.24, 2.45) is 0 Å². The largest absolute Gasteiger partial charge is 0.217 e. The molecule has 0 amide bonds. The molecule has 0 saturated carbocycles. The second-order valence-electron chi connectivity index (χ2n) is 4.42. The molecule has 0 spiro atoms. The number of hydrogen-bond donors (Lipinski definition) is 0. The van der Waals surface area contributed by atoms with Gasteiger partial charge in [-0.25, -0.2) is 4.68 Å². The van der Waals surface area contributed by atoms with Crippen molar-refractivity contribution in [1.29, 1.82) is 0 Å². The van der Waals surface area contributed by atoms with Crippen LogP contribution in [0.4, 0.5) is 0 Å². The summed E-state index contributed by atoms with van der Waals surface area (Å²) < 4.78 is 3.95. The van der Waals surface area contributed by atoms with E-state index in [9.17, 15) is 0 Å². The fourth-order valence-corrected chi connectivity index (χ4v) is 2.56. The van der Waals surface area contributed by atoms with E-state index >= 15 is 0 Å². The fraction of sp³-hybridized carbons (Fsp3) is 0.0667. The second kappa shape index (κ2) is 5.50. The highest BCUT2D eigenvalue weighted by Gasteiger charge is 2.11. The van der Waals surface area contributed by atoms with E-state index in [4.69, 9.17) is 0 Å². The Hall–Kier alpha value is -1.46. The number of nitrogens with zero attached hydrogens (tertiary/aromatic N) is 3. The molecule has 3 nitrogen and oxygen atoms in total. The molecule has 20 heavy (non-hydrogen) atoms. The highest BCUT2D eigenvalue weighted by atomic mass is 79.9. The molecule has 0 fully saturated rings. The Kier molecular flexibility index (Phi) is 3.72. The molecular formula is C15H11Br2N3. The first-order chi connectivity index (χ1) is 9.65. The van der Waals surface area contributed by atoms with Crippen molar-refractivity contribution in [1.82, 2.24) is 15.0 Å². The zero-order valence-corrected chi connectivity index (χ0v) is 13.9. The van der Waals surface area contributed by atoms with Crippen LogP contribution < -0.4 is 0 Å². The number of aromatic nitrogens is 3. The summed E-state index contributed by atoms with van der Waals surface area (Å²) in [6.45, 7) is 2.03. The zero-order valence-electron chi connectivity index (χ0n) is 10.7. The van der Waals surface area contributed by atoms with Crippen molar-refractivity contribution < 1.29 is 0 Å². The fourth-order valence-electron chi connectivity index (χ4n) is 2.03. The summed E-state index contributed by atoms with van der Waals surface area (Å²) in [4.78, 5) is 0. The molecule has 0 aliphatic carbocycles. The summed E-state index contributed by atoms with van der Waals surface area (Å²) in [6, 6.07) is 16.1. The molecule has 100 valence electrons. The summed E-state index contributed by atoms with van der Waals surface area (Å²) in [5.41, 5.74) is 3.99. The molecule has 1 heterocycles. The van der Waals surface area contributed by atoms with Gasteiger partial charge >= 0.3 is 0 Å². The zero-order chi connectivity index (χ0) is 14.1. The Labute approximate surface area is 133 Å². The van der Waals surface area contributed by atoms with Crippen molar-refractivity contribution >= 4 is 31.9 Å². The number of halogens is 2. The minimum Gasteiger partial charge on any atom is -0.217 e. The average molecular weight is 393 g/mol. The van der Waals surface area contributed by atoms with E-state index in [1.807, 2.05) is 60.1 Å². The number of hydrogen-bond acceptors (Lipinski definition) is 2. The predicted octanol–water partition coefficient (Wildman–Crippen LogP) is 4.77. The third kappa shape index (κ3) is 2.55. The van der Waals surface area contributed by atoms with Gasteiger partial charge in [0.25, 0.3) is 0 Å². The predicted molar refractivity (Wildman–Crippen MR) is 86.9 cm³/mol. The molecule has 0 N–H and O–H groups in total. The van der Waals surface area contributed by atoms with Gasteiger partial charge in [0.05, 0.1) is 11.4 Å². The van der Waals surface area contributed by atoms with Gasteiger partial charge in [0.2, 0.25) is 0 Å². The molecule has 3 rings (SSSR count). The lowest BCUT2D eigenvalue weighted by Gasteiger charge is -2.04. The molecule has 0 aliphatic rings. The van der Waals surface area contributed by atoms with Crippen LogP contribution in [0.15, 0.2) is 57.5 Å². The Morgan fingerprint density at radius 2 is 1.40 bits per heavy atom. The smallest absolute Gasteiger partial charge is 0.116 e. The number of rotatable bonds is 2. The van der Waals surface area contributed by atoms with Crippen molar-refractivity contribution in [3.8, 4) is 16.9 Å². The van der Waals surface area contributed by atoms with E-state index in [-0.39, 0.29) is 0 Å². The first-order valence-electron chi connectivity index (χ1n) is 6.09. The van der Waals surface area contributed by atoms with Gasteiger partial charge in [0.15, 0.2) is 0 Å². The topological polar surface area (TPSA) is 30.7 Å². The van der Waals surface area contributed by atoms with Crippen molar-refractivity contribution in [3.63, 3.8) is 0 Å². The molecule has 3 aromatic rings. The van der Waals surface area contributed by atoms with E-state index in [0.29, 0.717) is 0 Å². The van der Waals surface area contributed by atoms with Crippen LogP contribution in [0.3, 0.4) is 0 Å². The SMILES string of the molecule is Cc1c(-c2ccc(Br)cc2)nnn1-c1ccc(Br)cc1. The van der Waals surface area contributed by atoms with Crippen molar-refractivity contribution in [2.75, 3.05) is 0 Å². The highest BCUT2D eigenvalue weighted by Crippen LogP contribution is 2.24. The van der Waals surface area contributed by atoms with Crippen LogP contribution in [0.5, 0.6) is 0 Å². The van der Waals surface area contributed by atoms with Gasteiger partial charge in [-0.05, 0) is 43.3 Å². The maximum absolute atomic E-state index is 4.30. The van der Waals surface area contributed by atoms with Gasteiger partial charge in [-0.1, -0.05) is 49.2 Å². The Balaban J connectivity index is 2.04. The summed E-state index contributed by atoms with van der Waals surface area (Å²) >= 11 is 6.87. The molecule has 0 saturated heterocycles. The Morgan fingerprint density at radius 3 is 2.00 bits per heavy atom. The maximum atomic E-state index is 4.30. The lowest BCUT2D eigenvalue weighted by Crippen LogP contribution is -1.98. The third-order valence-corrected chi connectivity index (χ3v) is 4.14. The van der Waals surface area contributed by atoms with Crippen LogP contribution in [0.1, 0.15) is 5.69 Å². The van der Waals surface area contributed by atoms with E-state index in [1.165, 1.54) is 0 Å². The van der Waals surface area contributed by atoms with Gasteiger partial charge in [-0.2, -0.15) is 0 Å². The van der Waals surface area contributed by atoms with Crippen LogP contribution in [0.2, 0.25) is 0 Å². The molecule has 0 unspecified atom stereocenters. The van der Waals surface area contributed by atoms with E-state index < -0.39 is 0 Å². The standard InChI is InChI=1S/C15H11Br2N3/c1-10-15(11-2-4-12(16)5-3-11)18-19-20(10)14-8-6-13(17)7-9-14/h2-9H,1H3. The van der Waals surface area contributed by atoms with E-state index in [2.05, 4.69) is 42.2 Å². The summed E-state index contributed by atoms with van der Waals surface area (Å²) in [5.74, 6) is 0. The van der Waals surface area contributed by atoms with Crippen LogP contribution in [-0.4, -0.2) is 15.0 Å². The van der Waals surface area contributed by atoms with Gasteiger partial charge in [0.1, 0.15) is 5.69 Å². The molecule has 0 radical (unpaired) electrons. The van der Waals surface area contributed by atoms with Crippen LogP contribution in [-0.2, 0) is 0 Å². The molecule has 0 aliphatic heterocycles. The number of benzene rings is 2. The van der Waals surface area contributed by atoms with Crippen molar-refractivity contribution in [2.45, 2.75) is 6.92 Å². The molecule has 2 aromatic carbocycles. The monoisotopic (exact) mass is 391 g/mol. The molecular weight excluding hydrogens is 382 g/mol. The summed E-state index contributed by atoms with van der Waals surface area (Å²) in [7, 11) is 0. The second-order valence-corrected chi connectivity index (χ2v) is 6.25. The molecule has 1 aromatic heterocycles. The molecule has 0 bridgehead atoms. The molecule has 5 heteroatoms. The Bertz CT molecular complexity index is 668. The van der Waals surface area contributed by atoms with Crippen LogP contribution in [0.25, 0.3) is 16.9 Å². The summed E-state index contributed by atoms with van der Waals surface area (Å²) in [5, 5.41) is 8.55. The maximum Gasteiger partial charge on any atom is 0.116 e. The minimum absolute atomic E-state index is 0.903. The van der Waals surface area contributed by atoms with Gasteiger partial charge in [-0.3, -0.25) is 0 Å².